The van der Waals surface area contributed by atoms with Gasteiger partial charge in [-0.05, 0) is 25.1 Å². The van der Waals surface area contributed by atoms with Gasteiger partial charge in [-0.2, -0.15) is 0 Å². The smallest absolute Gasteiger partial charge is 0.127 e. The molecule has 2 rings (SSSR count). The highest BCUT2D eigenvalue weighted by Crippen LogP contribution is 2.33. The van der Waals surface area contributed by atoms with Crippen LogP contribution in [-0.4, -0.2) is 16.5 Å². The fraction of sp³-hybridized carbons (Fsp3) is 0.308. The van der Waals surface area contributed by atoms with Crippen LogP contribution in [0.5, 0.6) is 0 Å². The maximum atomic E-state index is 6.31. The first kappa shape index (κ1) is 13.6. The Morgan fingerprint density at radius 3 is 2.94 bits per heavy atom. The molecule has 0 aliphatic heterocycles. The number of aromatic amines is 1. The molecule has 1 heterocycles. The molecule has 5 heteroatoms. The minimum Gasteiger partial charge on any atom is -0.347 e. The minimum atomic E-state index is -0.0250. The molecule has 2 N–H and O–H groups in total. The molecule has 2 aromatic rings. The quantitative estimate of drug-likeness (QED) is 0.873. The number of hydrogen-bond donors (Lipinski definition) is 2. The summed E-state index contributed by atoms with van der Waals surface area (Å²) < 4.78 is 0.986. The molecule has 1 aromatic heterocycles. The number of nitrogens with zero attached hydrogens (tertiary/aromatic N) is 1. The summed E-state index contributed by atoms with van der Waals surface area (Å²) in [5, 5.41) is 4.19. The second-order valence-electron chi connectivity index (χ2n) is 4.00. The Balaban J connectivity index is 2.40. The third-order valence-corrected chi connectivity index (χ3v) is 3.70. The summed E-state index contributed by atoms with van der Waals surface area (Å²) in [5.41, 5.74) is 1.02. The fourth-order valence-electron chi connectivity index (χ4n) is 1.85. The molecule has 0 fully saturated rings. The molecule has 96 valence electrons. The molecule has 0 saturated heterocycles. The van der Waals surface area contributed by atoms with Crippen molar-refractivity contribution in [2.24, 2.45) is 0 Å². The van der Waals surface area contributed by atoms with Crippen molar-refractivity contribution < 1.29 is 0 Å². The molecule has 1 atom stereocenters. The standard InChI is InChI=1S/C13H15BrClN3/c1-2-6-16-12(13-17-7-8-18-13)11-9(14)4-3-5-10(11)15/h3-5,7-8,12,16H,2,6H2,1H3,(H,17,18). The number of halogens is 2. The van der Waals surface area contributed by atoms with E-state index in [4.69, 9.17) is 11.6 Å². The number of imidazole rings is 1. The average molecular weight is 329 g/mol. The third kappa shape index (κ3) is 2.94. The van der Waals surface area contributed by atoms with Crippen LogP contribution in [0.2, 0.25) is 5.02 Å². The highest BCUT2D eigenvalue weighted by Gasteiger charge is 2.20. The number of hydrogen-bond acceptors (Lipinski definition) is 2. The molecule has 0 amide bonds. The molecule has 0 spiro atoms. The average Bonchev–Trinajstić information content (AvgIpc) is 2.86. The lowest BCUT2D eigenvalue weighted by atomic mass is 10.1. The van der Waals surface area contributed by atoms with E-state index >= 15 is 0 Å². The van der Waals surface area contributed by atoms with E-state index in [0.717, 1.165) is 33.8 Å². The largest absolute Gasteiger partial charge is 0.347 e. The van der Waals surface area contributed by atoms with Crippen molar-refractivity contribution in [1.29, 1.82) is 0 Å². The van der Waals surface area contributed by atoms with Crippen molar-refractivity contribution in [2.75, 3.05) is 6.54 Å². The van der Waals surface area contributed by atoms with Gasteiger partial charge < -0.3 is 10.3 Å². The van der Waals surface area contributed by atoms with Gasteiger partial charge in [0.05, 0.1) is 6.04 Å². The first-order valence-corrected chi connectivity index (χ1v) is 7.07. The highest BCUT2D eigenvalue weighted by atomic mass is 79.9. The lowest BCUT2D eigenvalue weighted by Gasteiger charge is -2.19. The molecule has 3 nitrogen and oxygen atoms in total. The molecule has 0 aliphatic rings. The third-order valence-electron chi connectivity index (χ3n) is 2.68. The molecular formula is C13H15BrClN3. The zero-order valence-corrected chi connectivity index (χ0v) is 12.4. The minimum absolute atomic E-state index is 0.0250. The van der Waals surface area contributed by atoms with Crippen molar-refractivity contribution in [3.8, 4) is 0 Å². The van der Waals surface area contributed by atoms with Gasteiger partial charge in [0.15, 0.2) is 0 Å². The van der Waals surface area contributed by atoms with Crippen molar-refractivity contribution in [3.05, 3.63) is 51.5 Å². The Hall–Kier alpha value is -0.840. The molecular weight excluding hydrogens is 314 g/mol. The van der Waals surface area contributed by atoms with Gasteiger partial charge in [-0.15, -0.1) is 0 Å². The Labute approximate surface area is 120 Å². The fourth-order valence-corrected chi connectivity index (χ4v) is 2.84. The van der Waals surface area contributed by atoms with Crippen molar-refractivity contribution >= 4 is 27.5 Å². The molecule has 1 aromatic carbocycles. The molecule has 0 saturated carbocycles. The molecule has 0 bridgehead atoms. The first-order chi connectivity index (χ1) is 8.74. The van der Waals surface area contributed by atoms with Gasteiger partial charge in [0.25, 0.3) is 0 Å². The van der Waals surface area contributed by atoms with Crippen molar-refractivity contribution in [3.63, 3.8) is 0 Å². The van der Waals surface area contributed by atoms with Gasteiger partial charge in [-0.3, -0.25) is 0 Å². The summed E-state index contributed by atoms with van der Waals surface area (Å²) in [4.78, 5) is 7.48. The Morgan fingerprint density at radius 2 is 2.33 bits per heavy atom. The van der Waals surface area contributed by atoms with E-state index in [-0.39, 0.29) is 6.04 Å². The van der Waals surface area contributed by atoms with Crippen molar-refractivity contribution in [1.82, 2.24) is 15.3 Å². The van der Waals surface area contributed by atoms with E-state index in [1.165, 1.54) is 0 Å². The Kier molecular flexibility index (Phi) is 4.80. The van der Waals surface area contributed by atoms with Gasteiger partial charge >= 0.3 is 0 Å². The van der Waals surface area contributed by atoms with Crippen LogP contribution in [0, 0.1) is 0 Å². The van der Waals surface area contributed by atoms with Gasteiger partial charge in [0.1, 0.15) is 5.82 Å². The number of rotatable bonds is 5. The van der Waals surface area contributed by atoms with Crippen LogP contribution >= 0.6 is 27.5 Å². The summed E-state index contributed by atoms with van der Waals surface area (Å²) in [7, 11) is 0. The summed E-state index contributed by atoms with van der Waals surface area (Å²) in [6, 6.07) is 5.79. The van der Waals surface area contributed by atoms with Gasteiger partial charge in [-0.1, -0.05) is 40.5 Å². The van der Waals surface area contributed by atoms with Gasteiger partial charge in [-0.25, -0.2) is 4.98 Å². The number of H-pyrrole nitrogens is 1. The number of nitrogens with one attached hydrogen (secondary N) is 2. The zero-order chi connectivity index (χ0) is 13.0. The van der Waals surface area contributed by atoms with Crippen LogP contribution in [0.3, 0.4) is 0 Å². The lowest BCUT2D eigenvalue weighted by Crippen LogP contribution is -2.25. The predicted octanol–water partition coefficient (Wildman–Crippen LogP) is 3.91. The van der Waals surface area contributed by atoms with E-state index in [9.17, 15) is 0 Å². The van der Waals surface area contributed by atoms with Crippen LogP contribution in [0.4, 0.5) is 0 Å². The number of benzene rings is 1. The highest BCUT2D eigenvalue weighted by molar-refractivity contribution is 9.10. The van der Waals surface area contributed by atoms with Crippen LogP contribution in [0.1, 0.15) is 30.8 Å². The summed E-state index contributed by atoms with van der Waals surface area (Å²) >= 11 is 9.87. The number of aromatic nitrogens is 2. The maximum Gasteiger partial charge on any atom is 0.127 e. The van der Waals surface area contributed by atoms with E-state index in [1.807, 2.05) is 24.4 Å². The van der Waals surface area contributed by atoms with Crippen LogP contribution < -0.4 is 5.32 Å². The normalized spacial score (nSPS) is 12.6. The Bertz CT molecular complexity index is 479. The van der Waals surface area contributed by atoms with Crippen LogP contribution in [0.15, 0.2) is 35.1 Å². The first-order valence-electron chi connectivity index (χ1n) is 5.90. The van der Waals surface area contributed by atoms with Gasteiger partial charge in [0.2, 0.25) is 0 Å². The van der Waals surface area contributed by atoms with E-state index in [0.29, 0.717) is 0 Å². The van der Waals surface area contributed by atoms with Crippen LogP contribution in [0.25, 0.3) is 0 Å². The van der Waals surface area contributed by atoms with E-state index < -0.39 is 0 Å². The zero-order valence-electron chi connectivity index (χ0n) is 10.1. The van der Waals surface area contributed by atoms with Crippen LogP contribution in [-0.2, 0) is 0 Å². The summed E-state index contributed by atoms with van der Waals surface area (Å²) in [6.07, 6.45) is 4.63. The van der Waals surface area contributed by atoms with Gasteiger partial charge in [0, 0.05) is 27.5 Å². The molecule has 1 unspecified atom stereocenters. The lowest BCUT2D eigenvalue weighted by molar-refractivity contribution is 0.575. The second kappa shape index (κ2) is 6.36. The predicted molar refractivity (Wildman–Crippen MR) is 77.9 cm³/mol. The Morgan fingerprint density at radius 1 is 1.50 bits per heavy atom. The molecule has 0 radical (unpaired) electrons. The van der Waals surface area contributed by atoms with E-state index in [1.54, 1.807) is 6.20 Å². The maximum absolute atomic E-state index is 6.31. The topological polar surface area (TPSA) is 40.7 Å². The SMILES string of the molecule is CCCNC(c1ncc[nH]1)c1c(Cl)cccc1Br. The second-order valence-corrected chi connectivity index (χ2v) is 5.26. The molecule has 18 heavy (non-hydrogen) atoms. The summed E-state index contributed by atoms with van der Waals surface area (Å²) in [6.45, 7) is 3.04. The monoisotopic (exact) mass is 327 g/mol. The molecule has 0 aliphatic carbocycles. The van der Waals surface area contributed by atoms with E-state index in [2.05, 4.69) is 38.1 Å². The van der Waals surface area contributed by atoms with Crippen molar-refractivity contribution in [2.45, 2.75) is 19.4 Å². The summed E-state index contributed by atoms with van der Waals surface area (Å²) in [5.74, 6) is 0.872.